The van der Waals surface area contributed by atoms with Crippen molar-refractivity contribution in [3.63, 3.8) is 0 Å². The van der Waals surface area contributed by atoms with Crippen LogP contribution in [0.5, 0.6) is 5.88 Å². The van der Waals surface area contributed by atoms with E-state index >= 15 is 0 Å². The second kappa shape index (κ2) is 5.09. The Hall–Kier alpha value is -2.37. The maximum atomic E-state index is 11.1. The zero-order valence-electron chi connectivity index (χ0n) is 11.0. The van der Waals surface area contributed by atoms with Crippen molar-refractivity contribution in [1.82, 2.24) is 4.98 Å². The molecule has 0 aliphatic carbocycles. The van der Waals surface area contributed by atoms with E-state index in [4.69, 9.17) is 0 Å². The summed E-state index contributed by atoms with van der Waals surface area (Å²) in [4.78, 5) is 14.0. The molecule has 1 heterocycles. The highest BCUT2D eigenvalue weighted by atomic mass is 16.5. The third-order valence-corrected chi connectivity index (χ3v) is 2.96. The van der Waals surface area contributed by atoms with Gasteiger partial charge in [-0.05, 0) is 31.9 Å². The van der Waals surface area contributed by atoms with Crippen LogP contribution < -0.4 is 0 Å². The van der Waals surface area contributed by atoms with E-state index in [9.17, 15) is 9.90 Å². The van der Waals surface area contributed by atoms with Crippen molar-refractivity contribution >= 4 is 22.7 Å². The number of azo groups is 1. The van der Waals surface area contributed by atoms with Crippen molar-refractivity contribution in [3.05, 3.63) is 23.3 Å². The smallest absolute Gasteiger partial charge is 0.452 e. The number of aryl methyl sites for hydroxylation is 2. The molecule has 2 aromatic rings. The van der Waals surface area contributed by atoms with Gasteiger partial charge in [0.2, 0.25) is 5.88 Å². The zero-order chi connectivity index (χ0) is 14.0. The first-order chi connectivity index (χ1) is 9.04. The van der Waals surface area contributed by atoms with Gasteiger partial charge in [-0.1, -0.05) is 17.2 Å². The van der Waals surface area contributed by atoms with Gasteiger partial charge in [0.15, 0.2) is 5.69 Å². The van der Waals surface area contributed by atoms with Gasteiger partial charge in [-0.25, -0.2) is 4.79 Å². The van der Waals surface area contributed by atoms with Gasteiger partial charge in [0.25, 0.3) is 0 Å². The molecular formula is C13H15N3O3. The molecule has 0 spiro atoms. The minimum Gasteiger partial charge on any atom is -0.493 e. The fourth-order valence-corrected chi connectivity index (χ4v) is 1.82. The standard InChI is InChI=1S/C13H15N3O3/c1-4-19-13(18)16-15-11-9-6-5-7(2)8(3)10(9)14-12(11)17/h5-6,14,17H,4H2,1-3H3. The van der Waals surface area contributed by atoms with Crippen molar-refractivity contribution in [2.75, 3.05) is 6.61 Å². The average Bonchev–Trinajstić information content (AvgIpc) is 2.69. The summed E-state index contributed by atoms with van der Waals surface area (Å²) in [6, 6.07) is 3.75. The fourth-order valence-electron chi connectivity index (χ4n) is 1.82. The molecule has 1 amide bonds. The van der Waals surface area contributed by atoms with E-state index in [2.05, 4.69) is 19.9 Å². The molecule has 0 saturated heterocycles. The van der Waals surface area contributed by atoms with Gasteiger partial charge >= 0.3 is 6.09 Å². The largest absolute Gasteiger partial charge is 0.493 e. The van der Waals surface area contributed by atoms with Crippen LogP contribution >= 0.6 is 0 Å². The third-order valence-electron chi connectivity index (χ3n) is 2.96. The number of ether oxygens (including phenoxy) is 1. The summed E-state index contributed by atoms with van der Waals surface area (Å²) in [5.74, 6) is -0.114. The topological polar surface area (TPSA) is 87.0 Å². The second-order valence-corrected chi connectivity index (χ2v) is 4.15. The maximum Gasteiger partial charge on any atom is 0.452 e. The number of hydrogen-bond donors (Lipinski definition) is 2. The highest BCUT2D eigenvalue weighted by Gasteiger charge is 2.13. The van der Waals surface area contributed by atoms with Crippen LogP contribution in [0.2, 0.25) is 0 Å². The normalized spacial score (nSPS) is 11.3. The third kappa shape index (κ3) is 2.42. The molecule has 6 heteroatoms. The molecule has 0 atom stereocenters. The van der Waals surface area contributed by atoms with Crippen molar-refractivity contribution in [2.45, 2.75) is 20.8 Å². The van der Waals surface area contributed by atoms with Crippen LogP contribution in [0, 0.1) is 13.8 Å². The van der Waals surface area contributed by atoms with Gasteiger partial charge in [0.1, 0.15) is 0 Å². The molecule has 0 bridgehead atoms. The first-order valence-electron chi connectivity index (χ1n) is 5.94. The highest BCUT2D eigenvalue weighted by Crippen LogP contribution is 2.37. The lowest BCUT2D eigenvalue weighted by Gasteiger charge is -2.00. The van der Waals surface area contributed by atoms with Crippen LogP contribution in [0.4, 0.5) is 10.5 Å². The molecule has 6 nitrogen and oxygen atoms in total. The Balaban J connectivity index is 2.47. The average molecular weight is 261 g/mol. The van der Waals surface area contributed by atoms with Gasteiger partial charge in [0.05, 0.1) is 12.1 Å². The number of aromatic nitrogens is 1. The van der Waals surface area contributed by atoms with Crippen LogP contribution in [0.3, 0.4) is 0 Å². The minimum atomic E-state index is -0.778. The van der Waals surface area contributed by atoms with Crippen LogP contribution in [-0.2, 0) is 4.74 Å². The first kappa shape index (κ1) is 13.1. The van der Waals surface area contributed by atoms with E-state index in [-0.39, 0.29) is 18.2 Å². The molecule has 2 N–H and O–H groups in total. The van der Waals surface area contributed by atoms with Crippen LogP contribution in [0.25, 0.3) is 10.9 Å². The molecule has 100 valence electrons. The first-order valence-corrected chi connectivity index (χ1v) is 5.94. The molecule has 1 aromatic heterocycles. The number of amides is 1. The second-order valence-electron chi connectivity index (χ2n) is 4.15. The van der Waals surface area contributed by atoms with Crippen LogP contribution in [0.1, 0.15) is 18.1 Å². The summed E-state index contributed by atoms with van der Waals surface area (Å²) >= 11 is 0. The van der Waals surface area contributed by atoms with E-state index in [0.717, 1.165) is 16.6 Å². The fraction of sp³-hybridized carbons (Fsp3) is 0.308. The lowest BCUT2D eigenvalue weighted by Crippen LogP contribution is -1.95. The summed E-state index contributed by atoms with van der Waals surface area (Å²) in [6.45, 7) is 5.84. The van der Waals surface area contributed by atoms with E-state index < -0.39 is 6.09 Å². The Morgan fingerprint density at radius 3 is 2.84 bits per heavy atom. The predicted molar refractivity (Wildman–Crippen MR) is 71.0 cm³/mol. The molecular weight excluding hydrogens is 246 g/mol. The van der Waals surface area contributed by atoms with E-state index in [1.807, 2.05) is 26.0 Å². The number of H-pyrrole nitrogens is 1. The molecule has 2 rings (SSSR count). The molecule has 0 fully saturated rings. The number of carbonyl (C=O) groups excluding carboxylic acids is 1. The van der Waals surface area contributed by atoms with E-state index in [0.29, 0.717) is 5.39 Å². The number of aromatic hydroxyl groups is 1. The Labute approximate surface area is 110 Å². The number of aromatic amines is 1. The lowest BCUT2D eigenvalue weighted by molar-refractivity contribution is 0.162. The predicted octanol–water partition coefficient (Wildman–Crippen LogP) is 3.73. The van der Waals surface area contributed by atoms with E-state index in [1.54, 1.807) is 6.92 Å². The number of nitrogens with zero attached hydrogens (tertiary/aromatic N) is 2. The van der Waals surface area contributed by atoms with Crippen LogP contribution in [0.15, 0.2) is 22.4 Å². The van der Waals surface area contributed by atoms with Crippen molar-refractivity contribution in [3.8, 4) is 5.88 Å². The molecule has 0 unspecified atom stereocenters. The Bertz CT molecular complexity index is 659. The summed E-state index contributed by atoms with van der Waals surface area (Å²) in [7, 11) is 0. The van der Waals surface area contributed by atoms with Gasteiger partial charge in [-0.2, -0.15) is 0 Å². The number of rotatable bonds is 2. The maximum absolute atomic E-state index is 11.1. The quantitative estimate of drug-likeness (QED) is 0.807. The minimum absolute atomic E-state index is 0.114. The SMILES string of the molecule is CCOC(=O)N=Nc1c(O)[nH]c2c(C)c(C)ccc12. The molecule has 1 aromatic carbocycles. The van der Waals surface area contributed by atoms with Gasteiger partial charge in [0, 0.05) is 5.39 Å². The lowest BCUT2D eigenvalue weighted by atomic mass is 10.1. The van der Waals surface area contributed by atoms with Gasteiger partial charge in [-0.3, -0.25) is 0 Å². The molecule has 0 aliphatic rings. The Morgan fingerprint density at radius 1 is 1.42 bits per heavy atom. The molecule has 19 heavy (non-hydrogen) atoms. The van der Waals surface area contributed by atoms with Gasteiger partial charge in [-0.15, -0.1) is 5.11 Å². The van der Waals surface area contributed by atoms with E-state index in [1.165, 1.54) is 0 Å². The number of hydrogen-bond acceptors (Lipinski definition) is 4. The summed E-state index contributed by atoms with van der Waals surface area (Å²) in [6.07, 6.45) is -0.778. The number of nitrogens with one attached hydrogen (secondary N) is 1. The van der Waals surface area contributed by atoms with Crippen molar-refractivity contribution in [2.24, 2.45) is 10.2 Å². The van der Waals surface area contributed by atoms with Crippen molar-refractivity contribution < 1.29 is 14.6 Å². The number of fused-ring (bicyclic) bond motifs is 1. The van der Waals surface area contributed by atoms with Gasteiger partial charge < -0.3 is 14.8 Å². The number of benzene rings is 1. The number of carbonyl (C=O) groups is 1. The highest BCUT2D eigenvalue weighted by molar-refractivity contribution is 5.96. The van der Waals surface area contributed by atoms with Crippen molar-refractivity contribution in [1.29, 1.82) is 0 Å². The zero-order valence-corrected chi connectivity index (χ0v) is 11.0. The summed E-state index contributed by atoms with van der Waals surface area (Å²) < 4.78 is 4.64. The van der Waals surface area contributed by atoms with Crippen LogP contribution in [-0.4, -0.2) is 22.8 Å². The molecule has 0 aliphatic heterocycles. The molecule has 0 radical (unpaired) electrons. The Kier molecular flexibility index (Phi) is 3.50. The Morgan fingerprint density at radius 2 is 2.16 bits per heavy atom. The monoisotopic (exact) mass is 261 g/mol. The summed E-state index contributed by atoms with van der Waals surface area (Å²) in [5, 5.41) is 17.7. The summed E-state index contributed by atoms with van der Waals surface area (Å²) in [5.41, 5.74) is 3.15. The molecule has 0 saturated carbocycles.